The Labute approximate surface area is 130 Å². The van der Waals surface area contributed by atoms with Crippen molar-refractivity contribution < 1.29 is 9.53 Å². The third kappa shape index (κ3) is 2.06. The number of amides is 1. The SMILES string of the molecule is COCC(=O)N1C[C@@H]2C[C@H]1CN2c1cccc2ccccc12. The minimum Gasteiger partial charge on any atom is -0.375 e. The number of rotatable bonds is 3. The lowest BCUT2D eigenvalue weighted by Crippen LogP contribution is -2.49. The summed E-state index contributed by atoms with van der Waals surface area (Å²) in [6, 6.07) is 15.7. The van der Waals surface area contributed by atoms with Crippen LogP contribution in [0.5, 0.6) is 0 Å². The molecule has 0 radical (unpaired) electrons. The fraction of sp³-hybridized carbons (Fsp3) is 0.389. The maximum Gasteiger partial charge on any atom is 0.248 e. The smallest absolute Gasteiger partial charge is 0.248 e. The van der Waals surface area contributed by atoms with Gasteiger partial charge < -0.3 is 14.5 Å². The van der Waals surface area contributed by atoms with Crippen molar-refractivity contribution in [1.29, 1.82) is 0 Å². The zero-order valence-electron chi connectivity index (χ0n) is 12.7. The van der Waals surface area contributed by atoms with Crippen molar-refractivity contribution in [3.63, 3.8) is 0 Å². The number of methoxy groups -OCH3 is 1. The molecule has 2 aromatic rings. The number of benzene rings is 2. The maximum atomic E-state index is 12.1. The van der Waals surface area contributed by atoms with Crippen LogP contribution < -0.4 is 4.90 Å². The van der Waals surface area contributed by atoms with Crippen LogP contribution in [0.1, 0.15) is 6.42 Å². The fourth-order valence-corrected chi connectivity index (χ4v) is 3.93. The van der Waals surface area contributed by atoms with Crippen molar-refractivity contribution in [2.45, 2.75) is 18.5 Å². The summed E-state index contributed by atoms with van der Waals surface area (Å²) in [6.07, 6.45) is 1.07. The first kappa shape index (κ1) is 13.6. The van der Waals surface area contributed by atoms with E-state index < -0.39 is 0 Å². The summed E-state index contributed by atoms with van der Waals surface area (Å²) in [7, 11) is 1.58. The summed E-state index contributed by atoms with van der Waals surface area (Å²) in [4.78, 5) is 16.5. The first-order valence-corrected chi connectivity index (χ1v) is 7.81. The fourth-order valence-electron chi connectivity index (χ4n) is 3.93. The number of fused-ring (bicyclic) bond motifs is 3. The Hall–Kier alpha value is -2.07. The van der Waals surface area contributed by atoms with Crippen LogP contribution in [-0.4, -0.2) is 49.7 Å². The van der Waals surface area contributed by atoms with Gasteiger partial charge >= 0.3 is 0 Å². The third-order valence-electron chi connectivity index (χ3n) is 4.90. The van der Waals surface area contributed by atoms with Gasteiger partial charge in [-0.2, -0.15) is 0 Å². The van der Waals surface area contributed by atoms with Gasteiger partial charge in [-0.05, 0) is 17.9 Å². The summed E-state index contributed by atoms with van der Waals surface area (Å²) in [6.45, 7) is 1.93. The molecular formula is C18H20N2O2. The lowest BCUT2D eigenvalue weighted by Gasteiger charge is -2.36. The summed E-state index contributed by atoms with van der Waals surface area (Å²) < 4.78 is 4.99. The van der Waals surface area contributed by atoms with Crippen LogP contribution in [0.15, 0.2) is 42.5 Å². The quantitative estimate of drug-likeness (QED) is 0.871. The van der Waals surface area contributed by atoms with Gasteiger partial charge in [0.25, 0.3) is 0 Å². The highest BCUT2D eigenvalue weighted by molar-refractivity contribution is 5.94. The number of carbonyl (C=O) groups is 1. The standard InChI is InChI=1S/C18H20N2O2/c1-22-12-18(21)20-11-14-9-15(20)10-19(14)17-8-4-6-13-5-2-3-7-16(13)17/h2-8,14-15H,9-12H2,1H3/t14-,15-/m0/s1. The molecule has 4 nitrogen and oxygen atoms in total. The molecule has 0 spiro atoms. The van der Waals surface area contributed by atoms with Crippen LogP contribution in [0.25, 0.3) is 10.8 Å². The van der Waals surface area contributed by atoms with Crippen molar-refractivity contribution in [3.8, 4) is 0 Å². The molecular weight excluding hydrogens is 276 g/mol. The van der Waals surface area contributed by atoms with Crippen molar-refractivity contribution >= 4 is 22.4 Å². The molecule has 0 N–H and O–H groups in total. The molecule has 2 saturated heterocycles. The monoisotopic (exact) mass is 296 g/mol. The molecule has 4 heteroatoms. The van der Waals surface area contributed by atoms with Gasteiger partial charge in [0.2, 0.25) is 5.91 Å². The molecule has 2 aromatic carbocycles. The molecule has 2 fully saturated rings. The Balaban J connectivity index is 1.61. The minimum absolute atomic E-state index is 0.118. The van der Waals surface area contributed by atoms with Crippen molar-refractivity contribution in [3.05, 3.63) is 42.5 Å². The predicted molar refractivity (Wildman–Crippen MR) is 87.1 cm³/mol. The highest BCUT2D eigenvalue weighted by atomic mass is 16.5. The summed E-state index contributed by atoms with van der Waals surface area (Å²) in [5, 5.41) is 2.57. The van der Waals surface area contributed by atoms with Gasteiger partial charge in [0.05, 0.1) is 6.04 Å². The molecule has 2 aliphatic heterocycles. The van der Waals surface area contributed by atoms with Gasteiger partial charge in [-0.1, -0.05) is 36.4 Å². The molecule has 2 heterocycles. The largest absolute Gasteiger partial charge is 0.375 e. The van der Waals surface area contributed by atoms with Crippen LogP contribution in [0.3, 0.4) is 0 Å². The molecule has 0 saturated carbocycles. The lowest BCUT2D eigenvalue weighted by molar-refractivity contribution is -0.136. The predicted octanol–water partition coefficient (Wildman–Crippen LogP) is 2.28. The van der Waals surface area contributed by atoms with E-state index in [1.165, 1.54) is 16.5 Å². The van der Waals surface area contributed by atoms with Crippen LogP contribution in [0, 0.1) is 0 Å². The second-order valence-electron chi connectivity index (χ2n) is 6.17. The second kappa shape index (κ2) is 5.29. The summed E-state index contributed by atoms with van der Waals surface area (Å²) in [5.41, 5.74) is 1.30. The highest BCUT2D eigenvalue weighted by Gasteiger charge is 2.45. The molecule has 2 atom stereocenters. The molecule has 1 amide bonds. The van der Waals surface area contributed by atoms with Crippen molar-refractivity contribution in [2.75, 3.05) is 31.7 Å². The zero-order valence-corrected chi connectivity index (χ0v) is 12.7. The number of anilines is 1. The van der Waals surface area contributed by atoms with E-state index in [0.29, 0.717) is 12.1 Å². The first-order chi connectivity index (χ1) is 10.8. The van der Waals surface area contributed by atoms with E-state index >= 15 is 0 Å². The Morgan fingerprint density at radius 3 is 2.73 bits per heavy atom. The minimum atomic E-state index is 0.118. The maximum absolute atomic E-state index is 12.1. The molecule has 0 aliphatic carbocycles. The normalized spacial score (nSPS) is 23.5. The molecule has 0 aromatic heterocycles. The van der Waals surface area contributed by atoms with E-state index in [0.717, 1.165) is 19.5 Å². The van der Waals surface area contributed by atoms with E-state index in [1.807, 2.05) is 4.90 Å². The number of piperazine rings is 1. The van der Waals surface area contributed by atoms with Crippen molar-refractivity contribution in [2.24, 2.45) is 0 Å². The van der Waals surface area contributed by atoms with Gasteiger partial charge in [0.1, 0.15) is 6.61 Å². The Kier molecular flexibility index (Phi) is 3.26. The average molecular weight is 296 g/mol. The Morgan fingerprint density at radius 2 is 1.95 bits per heavy atom. The van der Waals surface area contributed by atoms with Gasteiger partial charge in [-0.25, -0.2) is 0 Å². The average Bonchev–Trinajstić information content (AvgIpc) is 3.15. The molecule has 22 heavy (non-hydrogen) atoms. The Morgan fingerprint density at radius 1 is 1.14 bits per heavy atom. The third-order valence-corrected chi connectivity index (χ3v) is 4.90. The Bertz CT molecular complexity index is 710. The van der Waals surface area contributed by atoms with Crippen molar-refractivity contribution in [1.82, 2.24) is 4.90 Å². The van der Waals surface area contributed by atoms with Gasteiger partial charge in [0, 0.05) is 37.3 Å². The van der Waals surface area contributed by atoms with Crippen LogP contribution in [0.2, 0.25) is 0 Å². The number of ether oxygens (including phenoxy) is 1. The highest BCUT2D eigenvalue weighted by Crippen LogP contribution is 2.37. The topological polar surface area (TPSA) is 32.8 Å². The number of hydrogen-bond donors (Lipinski definition) is 0. The van der Waals surface area contributed by atoms with E-state index in [-0.39, 0.29) is 12.5 Å². The van der Waals surface area contributed by atoms with Crippen LogP contribution >= 0.6 is 0 Å². The molecule has 2 bridgehead atoms. The van der Waals surface area contributed by atoms with Gasteiger partial charge in [-0.3, -0.25) is 4.79 Å². The second-order valence-corrected chi connectivity index (χ2v) is 6.17. The zero-order chi connectivity index (χ0) is 15.1. The van der Waals surface area contributed by atoms with Crippen LogP contribution in [0.4, 0.5) is 5.69 Å². The van der Waals surface area contributed by atoms with E-state index in [4.69, 9.17) is 4.74 Å². The molecule has 4 rings (SSSR count). The number of carbonyl (C=O) groups excluding carboxylic acids is 1. The van der Waals surface area contributed by atoms with E-state index in [2.05, 4.69) is 47.4 Å². The number of likely N-dealkylation sites (tertiary alicyclic amines) is 1. The van der Waals surface area contributed by atoms with Gasteiger partial charge in [0.15, 0.2) is 0 Å². The van der Waals surface area contributed by atoms with E-state index in [1.54, 1.807) is 7.11 Å². The molecule has 114 valence electrons. The van der Waals surface area contributed by atoms with E-state index in [9.17, 15) is 4.79 Å². The van der Waals surface area contributed by atoms with Gasteiger partial charge in [-0.15, -0.1) is 0 Å². The van der Waals surface area contributed by atoms with Crippen LogP contribution in [-0.2, 0) is 9.53 Å². The summed E-state index contributed by atoms with van der Waals surface area (Å²) >= 11 is 0. The summed E-state index contributed by atoms with van der Waals surface area (Å²) in [5.74, 6) is 0.118. The lowest BCUT2D eigenvalue weighted by atomic mass is 10.1. The molecule has 2 aliphatic rings. The molecule has 0 unspecified atom stereocenters. The number of hydrogen-bond acceptors (Lipinski definition) is 3. The first-order valence-electron chi connectivity index (χ1n) is 7.81. The number of nitrogens with zero attached hydrogens (tertiary/aromatic N) is 2.